The Morgan fingerprint density at radius 3 is 2.48 bits per heavy atom. The fraction of sp³-hybridized carbons (Fsp3) is 0.471. The van der Waals surface area contributed by atoms with Crippen LogP contribution in [0.25, 0.3) is 0 Å². The van der Waals surface area contributed by atoms with Gasteiger partial charge in [-0.3, -0.25) is 0 Å². The fourth-order valence-electron chi connectivity index (χ4n) is 3.24. The highest BCUT2D eigenvalue weighted by molar-refractivity contribution is 7.19. The van der Waals surface area contributed by atoms with Gasteiger partial charge >= 0.3 is 12.8 Å². The summed E-state index contributed by atoms with van der Waals surface area (Å²) in [6.07, 6.45) is -1.68. The Hall–Kier alpha value is -1.94. The van der Waals surface area contributed by atoms with E-state index in [1.165, 1.54) is 29.7 Å². The number of nitrogens with two attached hydrogens (primary N) is 1. The number of hydrogen-bond donors (Lipinski definition) is 1. The van der Waals surface area contributed by atoms with E-state index in [4.69, 9.17) is 5.73 Å². The molecule has 0 aliphatic carbocycles. The molecule has 3 rings (SSSR count). The monoisotopic (exact) mass is 407 g/mol. The van der Waals surface area contributed by atoms with E-state index in [2.05, 4.69) is 9.72 Å². The number of halogens is 5. The molecule has 0 radical (unpaired) electrons. The minimum absolute atomic E-state index is 0.0415. The van der Waals surface area contributed by atoms with Gasteiger partial charge in [-0.15, -0.1) is 0 Å². The zero-order chi connectivity index (χ0) is 19.6. The molecule has 2 aromatic rings. The van der Waals surface area contributed by atoms with Crippen LogP contribution < -0.4 is 10.6 Å². The Labute approximate surface area is 156 Å². The average Bonchev–Trinajstić information content (AvgIpc) is 3.05. The SMILES string of the molecule is Nc1cnc(N2C[C@@H](c3ccc(C(F)(F)F)cc3)CC[C@H]2COC(F)F)s1. The van der Waals surface area contributed by atoms with Gasteiger partial charge in [0.25, 0.3) is 0 Å². The number of ether oxygens (including phenoxy) is 1. The molecule has 2 N–H and O–H groups in total. The summed E-state index contributed by atoms with van der Waals surface area (Å²) in [7, 11) is 0. The molecule has 1 saturated heterocycles. The molecule has 148 valence electrons. The number of nitrogen functional groups attached to an aromatic ring is 1. The first-order valence-electron chi connectivity index (χ1n) is 8.29. The molecule has 1 aromatic heterocycles. The Balaban J connectivity index is 1.77. The van der Waals surface area contributed by atoms with Crippen LogP contribution in [0.15, 0.2) is 30.5 Å². The third kappa shape index (κ3) is 4.86. The van der Waals surface area contributed by atoms with E-state index in [1.807, 2.05) is 4.90 Å². The van der Waals surface area contributed by atoms with Gasteiger partial charge in [-0.1, -0.05) is 23.5 Å². The Bertz CT molecular complexity index is 750. The standard InChI is InChI=1S/C17H18F5N3OS/c18-15(19)26-9-13-6-3-11(8-25(13)16-24-7-14(23)27-16)10-1-4-12(5-2-10)17(20,21)22/h1-2,4-5,7,11,13,15H,3,6,8-9,23H2/t11-,13-/m0/s1. The first-order valence-corrected chi connectivity index (χ1v) is 9.10. The summed E-state index contributed by atoms with van der Waals surface area (Å²) in [5.74, 6) is -0.0415. The number of anilines is 2. The molecular formula is C17H18F5N3OS. The summed E-state index contributed by atoms with van der Waals surface area (Å²) >= 11 is 1.24. The van der Waals surface area contributed by atoms with Crippen LogP contribution in [0.4, 0.5) is 32.1 Å². The largest absolute Gasteiger partial charge is 0.416 e. The fourth-order valence-corrected chi connectivity index (χ4v) is 4.01. The molecule has 0 unspecified atom stereocenters. The lowest BCUT2D eigenvalue weighted by Crippen LogP contribution is -2.45. The summed E-state index contributed by atoms with van der Waals surface area (Å²) in [4.78, 5) is 6.08. The predicted molar refractivity (Wildman–Crippen MR) is 93.0 cm³/mol. The first kappa shape index (κ1) is 19.8. The van der Waals surface area contributed by atoms with Gasteiger partial charge in [0.1, 0.15) is 5.00 Å². The van der Waals surface area contributed by atoms with E-state index in [0.29, 0.717) is 29.5 Å². The first-order chi connectivity index (χ1) is 12.7. The van der Waals surface area contributed by atoms with E-state index in [0.717, 1.165) is 17.7 Å². The van der Waals surface area contributed by atoms with Crippen LogP contribution >= 0.6 is 11.3 Å². The molecule has 4 nitrogen and oxygen atoms in total. The van der Waals surface area contributed by atoms with Crippen LogP contribution in [0.3, 0.4) is 0 Å². The second-order valence-corrected chi connectivity index (χ2v) is 7.38. The average molecular weight is 407 g/mol. The molecule has 0 saturated carbocycles. The highest BCUT2D eigenvalue weighted by atomic mass is 32.1. The van der Waals surface area contributed by atoms with E-state index >= 15 is 0 Å². The molecule has 2 heterocycles. The highest BCUT2D eigenvalue weighted by Gasteiger charge is 2.33. The van der Waals surface area contributed by atoms with Gasteiger partial charge in [0.15, 0.2) is 5.13 Å². The van der Waals surface area contributed by atoms with Crippen molar-refractivity contribution in [3.8, 4) is 0 Å². The lowest BCUT2D eigenvalue weighted by atomic mass is 9.87. The van der Waals surface area contributed by atoms with Crippen LogP contribution in [0.1, 0.15) is 29.9 Å². The maximum absolute atomic E-state index is 12.7. The zero-order valence-electron chi connectivity index (χ0n) is 14.1. The molecule has 0 spiro atoms. The minimum Gasteiger partial charge on any atom is -0.389 e. The Morgan fingerprint density at radius 1 is 1.22 bits per heavy atom. The molecule has 27 heavy (non-hydrogen) atoms. The summed E-state index contributed by atoms with van der Waals surface area (Å²) in [6, 6.07) is 4.77. The number of aromatic nitrogens is 1. The minimum atomic E-state index is -4.38. The van der Waals surface area contributed by atoms with Crippen molar-refractivity contribution in [3.63, 3.8) is 0 Å². The van der Waals surface area contributed by atoms with Gasteiger partial charge in [-0.05, 0) is 30.5 Å². The molecular weight excluding hydrogens is 389 g/mol. The number of hydrogen-bond acceptors (Lipinski definition) is 5. The van der Waals surface area contributed by atoms with Crippen molar-refractivity contribution in [3.05, 3.63) is 41.6 Å². The van der Waals surface area contributed by atoms with Gasteiger partial charge in [0.05, 0.1) is 24.4 Å². The third-order valence-electron chi connectivity index (χ3n) is 4.59. The van der Waals surface area contributed by atoms with Gasteiger partial charge in [-0.25, -0.2) is 4.98 Å². The number of thiazole rings is 1. The quantitative estimate of drug-likeness (QED) is 0.728. The van der Waals surface area contributed by atoms with Crippen molar-refractivity contribution < 1.29 is 26.7 Å². The second-order valence-electron chi connectivity index (χ2n) is 6.34. The third-order valence-corrected chi connectivity index (χ3v) is 5.45. The van der Waals surface area contributed by atoms with Gasteiger partial charge in [-0.2, -0.15) is 22.0 Å². The number of benzene rings is 1. The number of alkyl halides is 5. The zero-order valence-corrected chi connectivity index (χ0v) is 14.9. The van der Waals surface area contributed by atoms with Crippen molar-refractivity contribution in [2.45, 2.75) is 37.6 Å². The summed E-state index contributed by atoms with van der Waals surface area (Å²) in [5.41, 5.74) is 5.80. The number of piperidine rings is 1. The van der Waals surface area contributed by atoms with Crippen LogP contribution in [0.2, 0.25) is 0 Å². The van der Waals surface area contributed by atoms with Crippen LogP contribution in [-0.2, 0) is 10.9 Å². The second kappa shape index (κ2) is 7.97. The van der Waals surface area contributed by atoms with Crippen molar-refractivity contribution in [2.75, 3.05) is 23.8 Å². The normalized spacial score (nSPS) is 21.0. The Morgan fingerprint density at radius 2 is 1.93 bits per heavy atom. The molecule has 1 fully saturated rings. The molecule has 10 heteroatoms. The van der Waals surface area contributed by atoms with Crippen LogP contribution in [-0.4, -0.2) is 30.8 Å². The summed E-state index contributed by atoms with van der Waals surface area (Å²) in [6.45, 7) is -2.58. The molecule has 0 bridgehead atoms. The van der Waals surface area contributed by atoms with Crippen molar-refractivity contribution >= 4 is 21.5 Å². The van der Waals surface area contributed by atoms with E-state index < -0.39 is 18.4 Å². The number of rotatable bonds is 5. The van der Waals surface area contributed by atoms with Gasteiger partial charge in [0, 0.05) is 12.5 Å². The van der Waals surface area contributed by atoms with Crippen LogP contribution in [0, 0.1) is 0 Å². The Kier molecular flexibility index (Phi) is 5.85. The van der Waals surface area contributed by atoms with Crippen LogP contribution in [0.5, 0.6) is 0 Å². The molecule has 0 amide bonds. The van der Waals surface area contributed by atoms with Crippen molar-refractivity contribution in [1.82, 2.24) is 4.98 Å². The molecule has 1 aromatic carbocycles. The molecule has 1 aliphatic heterocycles. The molecule has 2 atom stereocenters. The lowest BCUT2D eigenvalue weighted by Gasteiger charge is -2.39. The summed E-state index contributed by atoms with van der Waals surface area (Å²) < 4.78 is 67.6. The van der Waals surface area contributed by atoms with Gasteiger partial charge < -0.3 is 15.4 Å². The van der Waals surface area contributed by atoms with Crippen molar-refractivity contribution in [1.29, 1.82) is 0 Å². The van der Waals surface area contributed by atoms with Gasteiger partial charge in [0.2, 0.25) is 0 Å². The summed E-state index contributed by atoms with van der Waals surface area (Å²) in [5, 5.41) is 1.09. The highest BCUT2D eigenvalue weighted by Crippen LogP contribution is 2.37. The topological polar surface area (TPSA) is 51.4 Å². The maximum Gasteiger partial charge on any atom is 0.416 e. The van der Waals surface area contributed by atoms with E-state index in [9.17, 15) is 22.0 Å². The van der Waals surface area contributed by atoms with E-state index in [-0.39, 0.29) is 18.6 Å². The number of nitrogens with zero attached hydrogens (tertiary/aromatic N) is 2. The smallest absolute Gasteiger partial charge is 0.389 e. The van der Waals surface area contributed by atoms with E-state index in [1.54, 1.807) is 0 Å². The maximum atomic E-state index is 12.7. The van der Waals surface area contributed by atoms with Crippen molar-refractivity contribution in [2.24, 2.45) is 0 Å². The molecule has 1 aliphatic rings. The predicted octanol–water partition coefficient (Wildman–Crippen LogP) is 4.74. The lowest BCUT2D eigenvalue weighted by molar-refractivity contribution is -0.137.